The Morgan fingerprint density at radius 1 is 1.21 bits per heavy atom. The number of nitrogens with zero attached hydrogens (tertiary/aromatic N) is 1. The molecule has 1 aliphatic rings. The van der Waals surface area contributed by atoms with Gasteiger partial charge in [-0.15, -0.1) is 0 Å². The summed E-state index contributed by atoms with van der Waals surface area (Å²) in [6.07, 6.45) is 8.49. The van der Waals surface area contributed by atoms with Crippen LogP contribution in [0.15, 0.2) is 24.3 Å². The molecule has 0 atom stereocenters. The van der Waals surface area contributed by atoms with E-state index in [0.717, 1.165) is 57.8 Å². The monoisotopic (exact) mass is 327 g/mol. The van der Waals surface area contributed by atoms with E-state index < -0.39 is 0 Å². The van der Waals surface area contributed by atoms with E-state index >= 15 is 0 Å². The van der Waals surface area contributed by atoms with Gasteiger partial charge in [-0.05, 0) is 56.2 Å². The van der Waals surface area contributed by atoms with Crippen molar-refractivity contribution in [2.75, 3.05) is 0 Å². The quantitative estimate of drug-likeness (QED) is 0.495. The SMILES string of the molecule is CCCC[C@]1(C#N)CC[C@@H](C(=O)Oc2ccc(CCC)cc2)CC1. The van der Waals surface area contributed by atoms with E-state index in [1.54, 1.807) is 0 Å². The van der Waals surface area contributed by atoms with Crippen LogP contribution in [-0.4, -0.2) is 5.97 Å². The Balaban J connectivity index is 1.87. The number of nitriles is 1. The lowest BCUT2D eigenvalue weighted by molar-refractivity contribution is -0.140. The van der Waals surface area contributed by atoms with Crippen LogP contribution in [0.2, 0.25) is 0 Å². The predicted octanol–water partition coefficient (Wildman–Crippen LogP) is 5.43. The van der Waals surface area contributed by atoms with E-state index in [0.29, 0.717) is 5.75 Å². The standard InChI is InChI=1S/C21H29NO2/c1-3-5-13-21(16-22)14-11-18(12-15-21)20(23)24-19-9-7-17(6-4-2)8-10-19/h7-10,18H,3-6,11-15H2,1-2H3/t18-,21+. The van der Waals surface area contributed by atoms with Gasteiger partial charge in [0.05, 0.1) is 17.4 Å². The van der Waals surface area contributed by atoms with Gasteiger partial charge in [0.1, 0.15) is 5.75 Å². The van der Waals surface area contributed by atoms with Crippen molar-refractivity contribution in [1.29, 1.82) is 5.26 Å². The fraction of sp³-hybridized carbons (Fsp3) is 0.619. The summed E-state index contributed by atoms with van der Waals surface area (Å²) in [5.74, 6) is 0.423. The molecule has 0 aromatic heterocycles. The summed E-state index contributed by atoms with van der Waals surface area (Å²) in [5.41, 5.74) is 1.05. The molecule has 0 spiro atoms. The maximum atomic E-state index is 12.4. The zero-order valence-corrected chi connectivity index (χ0v) is 15.0. The number of hydrogen-bond acceptors (Lipinski definition) is 3. The highest BCUT2D eigenvalue weighted by atomic mass is 16.5. The molecule has 0 saturated heterocycles. The maximum Gasteiger partial charge on any atom is 0.314 e. The molecule has 1 aliphatic carbocycles. The van der Waals surface area contributed by atoms with Crippen molar-refractivity contribution in [2.45, 2.75) is 71.6 Å². The topological polar surface area (TPSA) is 50.1 Å². The Bertz CT molecular complexity index is 562. The van der Waals surface area contributed by atoms with E-state index in [4.69, 9.17) is 4.74 Å². The van der Waals surface area contributed by atoms with Crippen molar-refractivity contribution in [2.24, 2.45) is 11.3 Å². The average molecular weight is 327 g/mol. The normalized spacial score (nSPS) is 23.5. The molecule has 1 aromatic carbocycles. The fourth-order valence-electron chi connectivity index (χ4n) is 3.55. The molecule has 1 saturated carbocycles. The first-order chi connectivity index (χ1) is 11.6. The van der Waals surface area contributed by atoms with Crippen molar-refractivity contribution in [3.05, 3.63) is 29.8 Å². The van der Waals surface area contributed by atoms with Crippen LogP contribution in [0.25, 0.3) is 0 Å². The summed E-state index contributed by atoms with van der Waals surface area (Å²) >= 11 is 0. The van der Waals surface area contributed by atoms with E-state index in [-0.39, 0.29) is 17.3 Å². The van der Waals surface area contributed by atoms with Gasteiger partial charge in [-0.1, -0.05) is 45.2 Å². The number of esters is 1. The molecule has 0 amide bonds. The van der Waals surface area contributed by atoms with Crippen molar-refractivity contribution in [1.82, 2.24) is 0 Å². The number of carbonyl (C=O) groups is 1. The molecular formula is C21H29NO2. The first-order valence-electron chi connectivity index (χ1n) is 9.34. The van der Waals surface area contributed by atoms with Crippen LogP contribution >= 0.6 is 0 Å². The van der Waals surface area contributed by atoms with Crippen LogP contribution in [0.4, 0.5) is 0 Å². The maximum absolute atomic E-state index is 12.4. The Hall–Kier alpha value is -1.82. The lowest BCUT2D eigenvalue weighted by Crippen LogP contribution is -2.31. The molecule has 1 fully saturated rings. The van der Waals surface area contributed by atoms with Crippen molar-refractivity contribution in [3.63, 3.8) is 0 Å². The molecule has 3 nitrogen and oxygen atoms in total. The van der Waals surface area contributed by atoms with Crippen molar-refractivity contribution >= 4 is 5.97 Å². The third-order valence-electron chi connectivity index (χ3n) is 5.20. The summed E-state index contributed by atoms with van der Waals surface area (Å²) in [7, 11) is 0. The molecule has 0 N–H and O–H groups in total. The smallest absolute Gasteiger partial charge is 0.314 e. The largest absolute Gasteiger partial charge is 0.426 e. The van der Waals surface area contributed by atoms with E-state index in [1.165, 1.54) is 5.56 Å². The number of aryl methyl sites for hydroxylation is 1. The molecule has 1 aromatic rings. The van der Waals surface area contributed by atoms with E-state index in [1.807, 2.05) is 24.3 Å². The molecule has 0 unspecified atom stereocenters. The second kappa shape index (κ2) is 8.87. The number of rotatable bonds is 7. The highest BCUT2D eigenvalue weighted by Gasteiger charge is 2.37. The lowest BCUT2D eigenvalue weighted by atomic mass is 9.69. The van der Waals surface area contributed by atoms with Gasteiger partial charge in [-0.2, -0.15) is 5.26 Å². The lowest BCUT2D eigenvalue weighted by Gasteiger charge is -2.34. The molecule has 130 valence electrons. The Labute approximate surface area is 146 Å². The summed E-state index contributed by atoms with van der Waals surface area (Å²) < 4.78 is 5.55. The zero-order chi connectivity index (χ0) is 17.4. The number of benzene rings is 1. The summed E-state index contributed by atoms with van der Waals surface area (Å²) in [6, 6.07) is 10.3. The number of hydrogen-bond donors (Lipinski definition) is 0. The van der Waals surface area contributed by atoms with Gasteiger partial charge >= 0.3 is 5.97 Å². The highest BCUT2D eigenvalue weighted by molar-refractivity contribution is 5.75. The Morgan fingerprint density at radius 2 is 1.88 bits per heavy atom. The van der Waals surface area contributed by atoms with Crippen LogP contribution in [0, 0.1) is 22.7 Å². The zero-order valence-electron chi connectivity index (χ0n) is 15.0. The first-order valence-corrected chi connectivity index (χ1v) is 9.34. The molecule has 0 radical (unpaired) electrons. The van der Waals surface area contributed by atoms with E-state index in [9.17, 15) is 10.1 Å². The molecule has 0 bridgehead atoms. The van der Waals surface area contributed by atoms with Crippen LogP contribution in [0.5, 0.6) is 5.75 Å². The fourth-order valence-corrected chi connectivity index (χ4v) is 3.55. The Kier molecular flexibility index (Phi) is 6.85. The molecule has 0 heterocycles. The van der Waals surface area contributed by atoms with Gasteiger partial charge in [-0.3, -0.25) is 4.79 Å². The van der Waals surface area contributed by atoms with Gasteiger partial charge in [0, 0.05) is 0 Å². The van der Waals surface area contributed by atoms with Crippen LogP contribution < -0.4 is 4.74 Å². The number of unbranched alkanes of at least 4 members (excludes halogenated alkanes) is 1. The summed E-state index contributed by atoms with van der Waals surface area (Å²) in [6.45, 7) is 4.30. The second-order valence-corrected chi connectivity index (χ2v) is 7.09. The van der Waals surface area contributed by atoms with E-state index in [2.05, 4.69) is 19.9 Å². The third kappa shape index (κ3) is 4.84. The third-order valence-corrected chi connectivity index (χ3v) is 5.20. The Morgan fingerprint density at radius 3 is 2.42 bits per heavy atom. The molecule has 3 heteroatoms. The molecule has 0 aliphatic heterocycles. The average Bonchev–Trinajstić information content (AvgIpc) is 2.62. The highest BCUT2D eigenvalue weighted by Crippen LogP contribution is 2.42. The second-order valence-electron chi connectivity index (χ2n) is 7.09. The number of carbonyl (C=O) groups excluding carboxylic acids is 1. The minimum absolute atomic E-state index is 0.0663. The minimum atomic E-state index is -0.214. The van der Waals surface area contributed by atoms with Gasteiger partial charge < -0.3 is 4.74 Å². The van der Waals surface area contributed by atoms with Crippen LogP contribution in [-0.2, 0) is 11.2 Å². The molecule has 24 heavy (non-hydrogen) atoms. The van der Waals surface area contributed by atoms with Crippen LogP contribution in [0.3, 0.4) is 0 Å². The minimum Gasteiger partial charge on any atom is -0.426 e. The summed E-state index contributed by atoms with van der Waals surface area (Å²) in [4.78, 5) is 12.4. The first kappa shape index (κ1) is 18.5. The number of ether oxygens (including phenoxy) is 1. The van der Waals surface area contributed by atoms with Gasteiger partial charge in [0.15, 0.2) is 0 Å². The predicted molar refractivity (Wildman–Crippen MR) is 95.6 cm³/mol. The van der Waals surface area contributed by atoms with Gasteiger partial charge in [-0.25, -0.2) is 0 Å². The van der Waals surface area contributed by atoms with Gasteiger partial charge in [0.2, 0.25) is 0 Å². The van der Waals surface area contributed by atoms with Gasteiger partial charge in [0.25, 0.3) is 0 Å². The molecule has 2 rings (SSSR count). The van der Waals surface area contributed by atoms with Crippen LogP contribution in [0.1, 0.15) is 70.8 Å². The van der Waals surface area contributed by atoms with Crippen molar-refractivity contribution < 1.29 is 9.53 Å². The van der Waals surface area contributed by atoms with Crippen molar-refractivity contribution in [3.8, 4) is 11.8 Å². The molecular weight excluding hydrogens is 298 g/mol. The summed E-state index contributed by atoms with van der Waals surface area (Å²) in [5, 5.41) is 9.53.